The van der Waals surface area contributed by atoms with Crippen molar-refractivity contribution in [2.45, 2.75) is 4.90 Å². The Bertz CT molecular complexity index is 2230. The van der Waals surface area contributed by atoms with Crippen LogP contribution < -0.4 is 10.6 Å². The Morgan fingerprint density at radius 3 is 1.94 bits per heavy atom. The number of hydrogen-bond acceptors (Lipinski definition) is 14. The molecule has 18 nitrogen and oxygen atoms in total. The highest BCUT2D eigenvalue weighted by atomic mass is 32.2. The predicted octanol–water partition coefficient (Wildman–Crippen LogP) is 4.68. The van der Waals surface area contributed by atoms with Crippen molar-refractivity contribution < 1.29 is 52.9 Å². The third kappa shape index (κ3) is 7.00. The van der Waals surface area contributed by atoms with Crippen molar-refractivity contribution in [1.29, 1.82) is 0 Å². The fourth-order valence-electron chi connectivity index (χ4n) is 4.26. The lowest BCUT2D eigenvalue weighted by atomic mass is 10.1. The molecule has 8 N–H and O–H groups in total. The molecule has 0 radical (unpaired) electrons. The summed E-state index contributed by atoms with van der Waals surface area (Å²) in [5, 5.41) is 62.4. The number of carboxylic acid groups (broad SMARTS) is 3. The minimum atomic E-state index is -4.80. The van der Waals surface area contributed by atoms with Gasteiger partial charge in [-0.2, -0.15) is 23.4 Å². The first-order valence-corrected chi connectivity index (χ1v) is 14.3. The number of carboxylic acids is 3. The number of anilines is 4. The molecule has 0 amide bonds. The lowest BCUT2D eigenvalue weighted by Crippen LogP contribution is -2.07. The summed E-state index contributed by atoms with van der Waals surface area (Å²) >= 11 is 0. The lowest BCUT2D eigenvalue weighted by Gasteiger charge is -2.14. The van der Waals surface area contributed by atoms with E-state index in [0.29, 0.717) is 0 Å². The molecule has 0 saturated carbocycles. The first-order valence-electron chi connectivity index (χ1n) is 12.8. The Morgan fingerprint density at radius 1 is 0.702 bits per heavy atom. The Balaban J connectivity index is 1.59. The second-order valence-electron chi connectivity index (χ2n) is 9.44. The van der Waals surface area contributed by atoms with Crippen LogP contribution in [0.1, 0.15) is 31.1 Å². The number of azo groups is 1. The van der Waals surface area contributed by atoms with E-state index in [4.69, 9.17) is 0 Å². The van der Waals surface area contributed by atoms with Gasteiger partial charge in [0.05, 0.1) is 27.3 Å². The number of nitrogens with zero attached hydrogens (tertiary/aromatic N) is 5. The van der Waals surface area contributed by atoms with E-state index in [9.17, 15) is 52.9 Å². The SMILES string of the molecule is O=C(O)c1cc(Nc2nc(O)nc(Nc3cc(S(=O)(=O)O)cc4ccc(/N=N/c5ccccc5C(=O)O)c(O)c34)n2)cc(C(=O)O)c1. The minimum Gasteiger partial charge on any atom is -0.505 e. The zero-order chi connectivity index (χ0) is 34.0. The van der Waals surface area contributed by atoms with Crippen LogP contribution in [0.4, 0.5) is 34.6 Å². The number of carbonyl (C=O) groups is 3. The van der Waals surface area contributed by atoms with Gasteiger partial charge in [0.15, 0.2) is 5.75 Å². The van der Waals surface area contributed by atoms with E-state index in [-0.39, 0.29) is 50.2 Å². The van der Waals surface area contributed by atoms with Crippen LogP contribution in [-0.2, 0) is 10.1 Å². The maximum Gasteiger partial charge on any atom is 0.337 e. The number of phenolic OH excluding ortho intramolecular Hbond substituents is 1. The van der Waals surface area contributed by atoms with Crippen LogP contribution >= 0.6 is 0 Å². The quantitative estimate of drug-likeness (QED) is 0.0744. The van der Waals surface area contributed by atoms with E-state index in [1.165, 1.54) is 36.4 Å². The van der Waals surface area contributed by atoms with Gasteiger partial charge in [0.2, 0.25) is 11.9 Å². The van der Waals surface area contributed by atoms with Crippen LogP contribution in [0.25, 0.3) is 10.8 Å². The van der Waals surface area contributed by atoms with Crippen molar-refractivity contribution >= 4 is 73.4 Å². The van der Waals surface area contributed by atoms with Gasteiger partial charge in [-0.25, -0.2) is 14.4 Å². The fraction of sp³-hybridized carbons (Fsp3) is 0. The third-order valence-corrected chi connectivity index (χ3v) is 7.12. The molecule has 238 valence electrons. The molecule has 0 unspecified atom stereocenters. The number of hydrogen-bond donors (Lipinski definition) is 8. The van der Waals surface area contributed by atoms with Gasteiger partial charge < -0.3 is 36.2 Å². The van der Waals surface area contributed by atoms with Gasteiger partial charge in [-0.15, -0.1) is 10.2 Å². The van der Waals surface area contributed by atoms with E-state index in [1.54, 1.807) is 0 Å². The summed E-state index contributed by atoms with van der Waals surface area (Å²) in [5.74, 6) is -5.54. The van der Waals surface area contributed by atoms with Crippen molar-refractivity contribution in [3.05, 3.63) is 83.4 Å². The zero-order valence-corrected chi connectivity index (χ0v) is 24.0. The molecule has 4 aromatic carbocycles. The highest BCUT2D eigenvalue weighted by molar-refractivity contribution is 7.85. The topological polar surface area (TPSA) is 294 Å². The van der Waals surface area contributed by atoms with Crippen molar-refractivity contribution in [2.24, 2.45) is 10.2 Å². The third-order valence-electron chi connectivity index (χ3n) is 6.29. The van der Waals surface area contributed by atoms with E-state index in [2.05, 4.69) is 35.8 Å². The van der Waals surface area contributed by atoms with Gasteiger partial charge in [-0.3, -0.25) is 4.55 Å². The van der Waals surface area contributed by atoms with E-state index >= 15 is 0 Å². The van der Waals surface area contributed by atoms with E-state index in [1.807, 2.05) is 0 Å². The maximum atomic E-state index is 12.1. The largest absolute Gasteiger partial charge is 0.505 e. The second-order valence-corrected chi connectivity index (χ2v) is 10.9. The molecule has 5 aromatic rings. The molecule has 47 heavy (non-hydrogen) atoms. The number of aromatic carboxylic acids is 3. The highest BCUT2D eigenvalue weighted by Crippen LogP contribution is 2.42. The lowest BCUT2D eigenvalue weighted by molar-refractivity contribution is 0.0682. The Labute approximate surface area is 262 Å². The molecule has 0 aliphatic rings. The summed E-state index contributed by atoms with van der Waals surface area (Å²) < 4.78 is 33.8. The Morgan fingerprint density at radius 2 is 1.32 bits per heavy atom. The number of fused-ring (bicyclic) bond motifs is 1. The van der Waals surface area contributed by atoms with Gasteiger partial charge in [0.1, 0.15) is 11.4 Å². The smallest absolute Gasteiger partial charge is 0.337 e. The molecule has 1 aromatic heterocycles. The second kappa shape index (κ2) is 12.3. The summed E-state index contributed by atoms with van der Waals surface area (Å²) in [7, 11) is -4.80. The number of rotatable bonds is 10. The van der Waals surface area contributed by atoms with Gasteiger partial charge in [0.25, 0.3) is 10.1 Å². The molecule has 0 aliphatic heterocycles. The molecule has 0 atom stereocenters. The number of benzene rings is 4. The summed E-state index contributed by atoms with van der Waals surface area (Å²) in [4.78, 5) is 45.3. The molecule has 5 rings (SSSR count). The Hall–Kier alpha value is -6.73. The summed E-state index contributed by atoms with van der Waals surface area (Å²) in [6, 6.07) is 12.5. The molecule has 0 saturated heterocycles. The predicted molar refractivity (Wildman–Crippen MR) is 161 cm³/mol. The average Bonchev–Trinajstić information content (AvgIpc) is 2.99. The number of nitrogens with one attached hydrogen (secondary N) is 2. The number of aromatic nitrogens is 3. The van der Waals surface area contributed by atoms with Crippen LogP contribution in [-0.4, -0.2) is 71.4 Å². The van der Waals surface area contributed by atoms with Crippen LogP contribution in [0.3, 0.4) is 0 Å². The molecular formula is C28H19N7O11S. The van der Waals surface area contributed by atoms with Gasteiger partial charge in [-0.05, 0) is 53.9 Å². The number of phenols is 1. The van der Waals surface area contributed by atoms with Gasteiger partial charge in [-0.1, -0.05) is 18.2 Å². The van der Waals surface area contributed by atoms with Crippen molar-refractivity contribution in [2.75, 3.05) is 10.6 Å². The van der Waals surface area contributed by atoms with Crippen molar-refractivity contribution in [1.82, 2.24) is 15.0 Å². The maximum absolute atomic E-state index is 12.1. The molecule has 0 aliphatic carbocycles. The minimum absolute atomic E-state index is 0.0235. The van der Waals surface area contributed by atoms with Crippen molar-refractivity contribution in [3.63, 3.8) is 0 Å². The van der Waals surface area contributed by atoms with Crippen LogP contribution in [0.5, 0.6) is 11.8 Å². The summed E-state index contributed by atoms with van der Waals surface area (Å²) in [6.07, 6.45) is 0. The molecule has 1 heterocycles. The van der Waals surface area contributed by atoms with Crippen molar-refractivity contribution in [3.8, 4) is 11.8 Å². The summed E-state index contributed by atoms with van der Waals surface area (Å²) in [5.41, 5.74) is -1.44. The van der Waals surface area contributed by atoms with Crippen LogP contribution in [0, 0.1) is 0 Å². The number of aromatic hydroxyl groups is 2. The molecule has 0 fully saturated rings. The van der Waals surface area contributed by atoms with E-state index in [0.717, 1.165) is 30.3 Å². The molecule has 0 spiro atoms. The van der Waals surface area contributed by atoms with Crippen LogP contribution in [0.15, 0.2) is 81.9 Å². The monoisotopic (exact) mass is 661 g/mol. The molecule has 0 bridgehead atoms. The van der Waals surface area contributed by atoms with Gasteiger partial charge in [0, 0.05) is 11.1 Å². The van der Waals surface area contributed by atoms with E-state index < -0.39 is 56.6 Å². The first kappa shape index (κ1) is 31.7. The fourth-order valence-corrected chi connectivity index (χ4v) is 4.80. The molecule has 19 heteroatoms. The van der Waals surface area contributed by atoms with Crippen LogP contribution in [0.2, 0.25) is 0 Å². The Kier molecular flexibility index (Phi) is 8.32. The highest BCUT2D eigenvalue weighted by Gasteiger charge is 2.20. The normalized spacial score (nSPS) is 11.4. The standard InChI is InChI=1S/C28H19N7O11S/c36-22-19(35-34-18-4-2-1-3-17(18)25(41)42)6-5-12-10-16(47(44,45)46)11-20(21(12)22)30-27-31-26(32-28(43)33-27)29-15-8-13(23(37)38)7-14(9-15)24(39)40/h1-11,36H,(H,37,38)(H,39,40)(H,41,42)(H,44,45,46)(H3,29,30,31,32,33,43)/b35-34+. The van der Waals surface area contributed by atoms with Gasteiger partial charge >= 0.3 is 23.9 Å². The first-order chi connectivity index (χ1) is 22.2. The zero-order valence-electron chi connectivity index (χ0n) is 23.2. The average molecular weight is 662 g/mol. The molecular weight excluding hydrogens is 642 g/mol. The summed E-state index contributed by atoms with van der Waals surface area (Å²) in [6.45, 7) is 0.